The molecule has 1 aliphatic rings. The highest BCUT2D eigenvalue weighted by atomic mass is 32.1. The molecule has 0 radical (unpaired) electrons. The molecule has 86 valence electrons. The number of nitrogens with zero attached hydrogens (tertiary/aromatic N) is 3. The van der Waals surface area contributed by atoms with Crippen molar-refractivity contribution >= 4 is 11.3 Å². The Morgan fingerprint density at radius 2 is 2.53 bits per heavy atom. The molecule has 17 heavy (non-hydrogen) atoms. The van der Waals surface area contributed by atoms with Crippen LogP contribution < -0.4 is 5.32 Å². The van der Waals surface area contributed by atoms with Crippen molar-refractivity contribution in [1.29, 1.82) is 5.26 Å². The van der Waals surface area contributed by atoms with E-state index in [0.29, 0.717) is 6.54 Å². The lowest BCUT2D eigenvalue weighted by atomic mass is 10.1. The summed E-state index contributed by atoms with van der Waals surface area (Å²) in [4.78, 5) is 1.18. The molecule has 0 spiro atoms. The number of thiophene rings is 1. The fraction of sp³-hybridized carbons (Fsp3) is 0.333. The molecule has 0 amide bonds. The van der Waals surface area contributed by atoms with Crippen molar-refractivity contribution in [2.24, 2.45) is 0 Å². The van der Waals surface area contributed by atoms with Gasteiger partial charge in [-0.25, -0.2) is 0 Å². The highest BCUT2D eigenvalue weighted by molar-refractivity contribution is 7.13. The maximum absolute atomic E-state index is 8.84. The average Bonchev–Trinajstić information content (AvgIpc) is 2.97. The molecule has 2 aromatic heterocycles. The molecule has 0 saturated heterocycles. The normalized spacial score (nSPS) is 14.3. The first kappa shape index (κ1) is 10.5. The van der Waals surface area contributed by atoms with Gasteiger partial charge in [-0.05, 0) is 11.4 Å². The van der Waals surface area contributed by atoms with Crippen molar-refractivity contribution in [1.82, 2.24) is 15.1 Å². The fourth-order valence-corrected chi connectivity index (χ4v) is 2.97. The van der Waals surface area contributed by atoms with Crippen LogP contribution in [0.4, 0.5) is 0 Å². The fourth-order valence-electron chi connectivity index (χ4n) is 2.23. The van der Waals surface area contributed by atoms with E-state index in [0.717, 1.165) is 25.2 Å². The number of nitrogens with one attached hydrogen (secondary N) is 1. The van der Waals surface area contributed by atoms with E-state index in [2.05, 4.69) is 27.9 Å². The Balaban J connectivity index is 2.13. The van der Waals surface area contributed by atoms with Crippen molar-refractivity contribution in [3.63, 3.8) is 0 Å². The van der Waals surface area contributed by atoms with Crippen LogP contribution >= 0.6 is 11.3 Å². The summed E-state index contributed by atoms with van der Waals surface area (Å²) in [5.41, 5.74) is 3.51. The molecule has 3 rings (SSSR count). The quantitative estimate of drug-likeness (QED) is 0.876. The third-order valence-corrected chi connectivity index (χ3v) is 3.86. The van der Waals surface area contributed by atoms with Crippen LogP contribution in [0, 0.1) is 11.3 Å². The second-order valence-corrected chi connectivity index (χ2v) is 4.94. The third kappa shape index (κ3) is 1.75. The molecule has 0 saturated carbocycles. The predicted octanol–water partition coefficient (Wildman–Crippen LogP) is 1.78. The highest BCUT2D eigenvalue weighted by Gasteiger charge is 2.21. The van der Waals surface area contributed by atoms with Gasteiger partial charge in [-0.2, -0.15) is 10.4 Å². The summed E-state index contributed by atoms with van der Waals surface area (Å²) in [6.45, 7) is 2.16. The summed E-state index contributed by atoms with van der Waals surface area (Å²) in [7, 11) is 0. The maximum Gasteiger partial charge on any atom is 0.128 e. The zero-order valence-corrected chi connectivity index (χ0v) is 10.1. The van der Waals surface area contributed by atoms with Crippen LogP contribution in [0.15, 0.2) is 17.5 Å². The van der Waals surface area contributed by atoms with Gasteiger partial charge in [0.15, 0.2) is 0 Å². The van der Waals surface area contributed by atoms with Crippen molar-refractivity contribution in [3.8, 4) is 16.6 Å². The molecular weight excluding hydrogens is 232 g/mol. The van der Waals surface area contributed by atoms with Gasteiger partial charge in [0, 0.05) is 30.8 Å². The van der Waals surface area contributed by atoms with E-state index in [1.807, 2.05) is 10.7 Å². The van der Waals surface area contributed by atoms with Gasteiger partial charge in [0.05, 0.1) is 10.9 Å². The van der Waals surface area contributed by atoms with Crippen LogP contribution in [0.25, 0.3) is 10.6 Å². The number of nitriles is 1. The van der Waals surface area contributed by atoms with Crippen LogP contribution in [-0.4, -0.2) is 16.3 Å². The van der Waals surface area contributed by atoms with Gasteiger partial charge in [-0.1, -0.05) is 6.07 Å². The van der Waals surface area contributed by atoms with E-state index in [9.17, 15) is 0 Å². The van der Waals surface area contributed by atoms with Crippen molar-refractivity contribution < 1.29 is 0 Å². The Morgan fingerprint density at radius 3 is 3.29 bits per heavy atom. The molecule has 0 fully saturated rings. The molecule has 1 N–H and O–H groups in total. The minimum Gasteiger partial charge on any atom is -0.312 e. The second-order valence-electron chi connectivity index (χ2n) is 3.99. The smallest absolute Gasteiger partial charge is 0.128 e. The lowest BCUT2D eigenvalue weighted by Crippen LogP contribution is -2.24. The summed E-state index contributed by atoms with van der Waals surface area (Å²) in [6.07, 6.45) is 0.954. The molecule has 0 bridgehead atoms. The van der Waals surface area contributed by atoms with Crippen molar-refractivity contribution in [2.75, 3.05) is 6.54 Å². The zero-order valence-electron chi connectivity index (χ0n) is 9.31. The number of hydrogen-bond acceptors (Lipinski definition) is 4. The van der Waals surface area contributed by atoms with E-state index in [1.165, 1.54) is 16.1 Å². The first-order chi connectivity index (χ1) is 8.40. The summed E-state index contributed by atoms with van der Waals surface area (Å²) in [5.74, 6) is 0. The Kier molecular flexibility index (Phi) is 2.67. The second kappa shape index (κ2) is 4.32. The summed E-state index contributed by atoms with van der Waals surface area (Å²) in [5, 5.41) is 18.8. The van der Waals surface area contributed by atoms with Crippen LogP contribution in [0.1, 0.15) is 11.3 Å². The van der Waals surface area contributed by atoms with Gasteiger partial charge >= 0.3 is 0 Å². The van der Waals surface area contributed by atoms with Crippen LogP contribution in [-0.2, 0) is 19.5 Å². The van der Waals surface area contributed by atoms with Crippen molar-refractivity contribution in [3.05, 3.63) is 28.8 Å². The topological polar surface area (TPSA) is 53.6 Å². The molecule has 0 aliphatic carbocycles. The molecule has 4 nitrogen and oxygen atoms in total. The third-order valence-electron chi connectivity index (χ3n) is 2.98. The SMILES string of the molecule is N#CCn1nc(-c2cccs2)c2c1CCNC2. The molecule has 3 heterocycles. The summed E-state index contributed by atoms with van der Waals surface area (Å²) in [6, 6.07) is 6.29. The van der Waals surface area contributed by atoms with Crippen LogP contribution in [0.5, 0.6) is 0 Å². The van der Waals surface area contributed by atoms with Gasteiger partial charge in [0.1, 0.15) is 12.2 Å². The monoisotopic (exact) mass is 244 g/mol. The van der Waals surface area contributed by atoms with Gasteiger partial charge in [0.2, 0.25) is 0 Å². The lowest BCUT2D eigenvalue weighted by Gasteiger charge is -2.14. The van der Waals surface area contributed by atoms with Gasteiger partial charge in [-0.3, -0.25) is 4.68 Å². The molecule has 2 aromatic rings. The lowest BCUT2D eigenvalue weighted by molar-refractivity contribution is 0.590. The predicted molar refractivity (Wildman–Crippen MR) is 66.6 cm³/mol. The van der Waals surface area contributed by atoms with E-state index in [1.54, 1.807) is 11.3 Å². The molecule has 0 unspecified atom stereocenters. The highest BCUT2D eigenvalue weighted by Crippen LogP contribution is 2.30. The Hall–Kier alpha value is -1.64. The van der Waals surface area contributed by atoms with E-state index in [-0.39, 0.29) is 0 Å². The molecule has 5 heteroatoms. The minimum absolute atomic E-state index is 0.341. The van der Waals surface area contributed by atoms with E-state index < -0.39 is 0 Å². The van der Waals surface area contributed by atoms with Gasteiger partial charge in [-0.15, -0.1) is 11.3 Å². The minimum atomic E-state index is 0.341. The van der Waals surface area contributed by atoms with Crippen LogP contribution in [0.2, 0.25) is 0 Å². The first-order valence-electron chi connectivity index (χ1n) is 5.60. The maximum atomic E-state index is 8.84. The van der Waals surface area contributed by atoms with Crippen LogP contribution in [0.3, 0.4) is 0 Å². The molecule has 0 aromatic carbocycles. The van der Waals surface area contributed by atoms with Gasteiger partial charge in [0.25, 0.3) is 0 Å². The number of aromatic nitrogens is 2. The van der Waals surface area contributed by atoms with E-state index >= 15 is 0 Å². The summed E-state index contributed by atoms with van der Waals surface area (Å²) >= 11 is 1.69. The van der Waals surface area contributed by atoms with Crippen molar-refractivity contribution in [2.45, 2.75) is 19.5 Å². The largest absolute Gasteiger partial charge is 0.312 e. The Labute approximate surface area is 103 Å². The van der Waals surface area contributed by atoms with E-state index in [4.69, 9.17) is 5.26 Å². The Morgan fingerprint density at radius 1 is 1.59 bits per heavy atom. The standard InChI is InChI=1S/C12H12N4S/c13-4-6-16-10-3-5-14-8-9(10)12(15-16)11-2-1-7-17-11/h1-2,7,14H,3,5-6,8H2. The molecule has 1 aliphatic heterocycles. The average molecular weight is 244 g/mol. The first-order valence-corrected chi connectivity index (χ1v) is 6.48. The van der Waals surface area contributed by atoms with Gasteiger partial charge < -0.3 is 5.32 Å². The Bertz CT molecular complexity index is 562. The zero-order chi connectivity index (χ0) is 11.7. The number of hydrogen-bond donors (Lipinski definition) is 1. The summed E-state index contributed by atoms with van der Waals surface area (Å²) < 4.78 is 1.85. The molecular formula is C12H12N4S. The number of rotatable bonds is 2. The number of fused-ring (bicyclic) bond motifs is 1. The molecule has 0 atom stereocenters.